The standard InChI is InChI=1S/C22H29N3O3/c1-28-17-6-4-5-15(13-17)9-12-21(26)24-19-8-3-2-7-18(19)22(27)25-20(14-23)16-10-11-16/h4-6,13,16,18-20H,2-3,7-12H2,1H3,(H,24,26)(H,25,27). The normalized spacial score (nSPS) is 22.6. The zero-order valence-corrected chi connectivity index (χ0v) is 16.4. The molecule has 2 aliphatic rings. The fourth-order valence-corrected chi connectivity index (χ4v) is 3.93. The molecule has 0 aliphatic heterocycles. The first-order valence-corrected chi connectivity index (χ1v) is 10.2. The van der Waals surface area contributed by atoms with Crippen LogP contribution in [0.2, 0.25) is 0 Å². The SMILES string of the molecule is COc1cccc(CCC(=O)NC2CCCCC2C(=O)NC(C#N)C2CC2)c1. The second kappa shape index (κ2) is 9.59. The lowest BCUT2D eigenvalue weighted by atomic mass is 9.83. The minimum absolute atomic E-state index is 0.0356. The lowest BCUT2D eigenvalue weighted by Crippen LogP contribution is -2.50. The molecule has 150 valence electrons. The molecule has 0 bridgehead atoms. The third-order valence-corrected chi connectivity index (χ3v) is 5.75. The van der Waals surface area contributed by atoms with Crippen LogP contribution in [0.1, 0.15) is 50.5 Å². The van der Waals surface area contributed by atoms with Crippen LogP contribution in [0.25, 0.3) is 0 Å². The second-order valence-electron chi connectivity index (χ2n) is 7.87. The highest BCUT2D eigenvalue weighted by Gasteiger charge is 2.37. The summed E-state index contributed by atoms with van der Waals surface area (Å²) in [6.45, 7) is 0. The van der Waals surface area contributed by atoms with Crippen LogP contribution in [0, 0.1) is 23.2 Å². The molecule has 0 aromatic heterocycles. The Balaban J connectivity index is 1.52. The Hall–Kier alpha value is -2.55. The van der Waals surface area contributed by atoms with Gasteiger partial charge in [-0.2, -0.15) is 5.26 Å². The highest BCUT2D eigenvalue weighted by atomic mass is 16.5. The van der Waals surface area contributed by atoms with Crippen molar-refractivity contribution in [2.24, 2.45) is 11.8 Å². The quantitative estimate of drug-likeness (QED) is 0.722. The smallest absolute Gasteiger partial charge is 0.226 e. The number of benzene rings is 1. The van der Waals surface area contributed by atoms with Gasteiger partial charge in [0.25, 0.3) is 0 Å². The molecule has 3 atom stereocenters. The van der Waals surface area contributed by atoms with Crippen LogP contribution in [0.4, 0.5) is 0 Å². The Morgan fingerprint density at radius 3 is 2.75 bits per heavy atom. The van der Waals surface area contributed by atoms with Gasteiger partial charge in [0.15, 0.2) is 0 Å². The van der Waals surface area contributed by atoms with Crippen LogP contribution in [0.3, 0.4) is 0 Å². The highest BCUT2D eigenvalue weighted by Crippen LogP contribution is 2.33. The van der Waals surface area contributed by atoms with Crippen LogP contribution >= 0.6 is 0 Å². The molecule has 0 radical (unpaired) electrons. The number of aryl methyl sites for hydroxylation is 1. The van der Waals surface area contributed by atoms with E-state index in [1.54, 1.807) is 7.11 Å². The molecule has 0 heterocycles. The Morgan fingerprint density at radius 2 is 2.04 bits per heavy atom. The summed E-state index contributed by atoms with van der Waals surface area (Å²) in [7, 11) is 1.63. The molecule has 2 fully saturated rings. The van der Waals surface area contributed by atoms with Crippen LogP contribution < -0.4 is 15.4 Å². The van der Waals surface area contributed by atoms with Crippen LogP contribution in [-0.2, 0) is 16.0 Å². The number of rotatable bonds is 8. The van der Waals surface area contributed by atoms with Gasteiger partial charge in [0.2, 0.25) is 11.8 Å². The Kier molecular flexibility index (Phi) is 6.91. The van der Waals surface area contributed by atoms with E-state index in [0.29, 0.717) is 18.8 Å². The van der Waals surface area contributed by atoms with Gasteiger partial charge in [-0.15, -0.1) is 0 Å². The Bertz CT molecular complexity index is 739. The number of hydrogen-bond acceptors (Lipinski definition) is 4. The van der Waals surface area contributed by atoms with Gasteiger partial charge in [-0.1, -0.05) is 25.0 Å². The summed E-state index contributed by atoms with van der Waals surface area (Å²) >= 11 is 0. The largest absolute Gasteiger partial charge is 0.497 e. The molecular formula is C22H29N3O3. The minimum Gasteiger partial charge on any atom is -0.497 e. The molecule has 3 unspecified atom stereocenters. The molecule has 3 rings (SSSR count). The van der Waals surface area contributed by atoms with Gasteiger partial charge in [-0.05, 0) is 55.7 Å². The summed E-state index contributed by atoms with van der Waals surface area (Å²) in [4.78, 5) is 25.2. The fraction of sp³-hybridized carbons (Fsp3) is 0.591. The molecule has 0 spiro atoms. The first-order valence-electron chi connectivity index (χ1n) is 10.2. The van der Waals surface area contributed by atoms with Gasteiger partial charge in [0, 0.05) is 12.5 Å². The molecule has 6 heteroatoms. The van der Waals surface area contributed by atoms with Crippen molar-refractivity contribution in [2.45, 2.75) is 63.5 Å². The molecule has 2 amide bonds. The van der Waals surface area contributed by atoms with Crippen LogP contribution in [0.5, 0.6) is 5.75 Å². The number of carbonyl (C=O) groups excluding carboxylic acids is 2. The zero-order chi connectivity index (χ0) is 19.9. The van der Waals surface area contributed by atoms with Crippen LogP contribution in [0.15, 0.2) is 24.3 Å². The van der Waals surface area contributed by atoms with E-state index >= 15 is 0 Å². The Labute approximate surface area is 166 Å². The highest BCUT2D eigenvalue weighted by molar-refractivity contribution is 5.82. The second-order valence-corrected chi connectivity index (χ2v) is 7.87. The van der Waals surface area contributed by atoms with E-state index in [4.69, 9.17) is 4.74 Å². The average Bonchev–Trinajstić information content (AvgIpc) is 3.56. The topological polar surface area (TPSA) is 91.2 Å². The summed E-state index contributed by atoms with van der Waals surface area (Å²) in [6, 6.07) is 9.38. The lowest BCUT2D eigenvalue weighted by Gasteiger charge is -2.32. The molecule has 0 saturated heterocycles. The van der Waals surface area contributed by atoms with Crippen molar-refractivity contribution in [2.75, 3.05) is 7.11 Å². The average molecular weight is 383 g/mol. The maximum Gasteiger partial charge on any atom is 0.226 e. The predicted octanol–water partition coefficient (Wildman–Crippen LogP) is 2.72. The van der Waals surface area contributed by atoms with E-state index < -0.39 is 0 Å². The van der Waals surface area contributed by atoms with Crippen molar-refractivity contribution in [3.8, 4) is 11.8 Å². The van der Waals surface area contributed by atoms with Gasteiger partial charge < -0.3 is 15.4 Å². The van der Waals surface area contributed by atoms with E-state index in [1.165, 1.54) is 0 Å². The van der Waals surface area contributed by atoms with Gasteiger partial charge >= 0.3 is 0 Å². The van der Waals surface area contributed by atoms with E-state index in [-0.39, 0.29) is 29.8 Å². The van der Waals surface area contributed by atoms with Gasteiger partial charge in [-0.3, -0.25) is 9.59 Å². The summed E-state index contributed by atoms with van der Waals surface area (Å²) in [6.07, 6.45) is 6.58. The summed E-state index contributed by atoms with van der Waals surface area (Å²) in [5.74, 6) is 0.713. The maximum absolute atomic E-state index is 12.7. The number of hydrogen-bond donors (Lipinski definition) is 2. The third kappa shape index (κ3) is 5.48. The molecule has 28 heavy (non-hydrogen) atoms. The molecule has 2 N–H and O–H groups in total. The minimum atomic E-state index is -0.390. The number of nitrogens with one attached hydrogen (secondary N) is 2. The van der Waals surface area contributed by atoms with Crippen molar-refractivity contribution in [1.82, 2.24) is 10.6 Å². The summed E-state index contributed by atoms with van der Waals surface area (Å²) in [5, 5.41) is 15.2. The van der Waals surface area contributed by atoms with Crippen molar-refractivity contribution >= 4 is 11.8 Å². The van der Waals surface area contributed by atoms with Gasteiger partial charge in [0.05, 0.1) is 19.1 Å². The third-order valence-electron chi connectivity index (χ3n) is 5.75. The molecule has 1 aromatic carbocycles. The van der Waals surface area contributed by atoms with E-state index in [1.807, 2.05) is 24.3 Å². The van der Waals surface area contributed by atoms with E-state index in [9.17, 15) is 14.9 Å². The van der Waals surface area contributed by atoms with Crippen molar-refractivity contribution in [1.29, 1.82) is 5.26 Å². The fourth-order valence-electron chi connectivity index (χ4n) is 3.93. The monoisotopic (exact) mass is 383 g/mol. The number of nitriles is 1. The van der Waals surface area contributed by atoms with Crippen molar-refractivity contribution in [3.63, 3.8) is 0 Å². The number of amides is 2. The van der Waals surface area contributed by atoms with E-state index in [2.05, 4.69) is 16.7 Å². The summed E-state index contributed by atoms with van der Waals surface area (Å²) < 4.78 is 5.22. The van der Waals surface area contributed by atoms with Crippen LogP contribution in [-0.4, -0.2) is 31.0 Å². The van der Waals surface area contributed by atoms with Crippen molar-refractivity contribution in [3.05, 3.63) is 29.8 Å². The number of carbonyl (C=O) groups is 2. The van der Waals surface area contributed by atoms with Gasteiger partial charge in [0.1, 0.15) is 11.8 Å². The zero-order valence-electron chi connectivity index (χ0n) is 16.4. The lowest BCUT2D eigenvalue weighted by molar-refractivity contribution is -0.128. The maximum atomic E-state index is 12.7. The molecule has 1 aromatic rings. The Morgan fingerprint density at radius 1 is 1.25 bits per heavy atom. The van der Waals surface area contributed by atoms with Crippen molar-refractivity contribution < 1.29 is 14.3 Å². The van der Waals surface area contributed by atoms with Gasteiger partial charge in [-0.25, -0.2) is 0 Å². The first kappa shape index (κ1) is 20.2. The molecular weight excluding hydrogens is 354 g/mol. The predicted molar refractivity (Wildman–Crippen MR) is 105 cm³/mol. The molecule has 2 saturated carbocycles. The molecule has 6 nitrogen and oxygen atoms in total. The van der Waals surface area contributed by atoms with E-state index in [0.717, 1.165) is 49.8 Å². The number of ether oxygens (including phenoxy) is 1. The first-order chi connectivity index (χ1) is 13.6. The molecule has 2 aliphatic carbocycles. The number of nitrogens with zero attached hydrogens (tertiary/aromatic N) is 1. The summed E-state index contributed by atoms with van der Waals surface area (Å²) in [5.41, 5.74) is 1.05. The number of methoxy groups -OCH3 is 1.